The molecule has 1 saturated heterocycles. The standard InChI is InChI=1S/C26H35N7/c1-20(23-13-8-5-9-14-23)29-26(28-18-25-31-30-21(2)32(25)3)27-17-24-15-10-16-33(24)19-22-11-6-4-7-12-22/h4-9,11-14,20,24H,10,15-19H2,1-3H3,(H2,27,28,29). The number of nitrogens with zero attached hydrogens (tertiary/aromatic N) is 5. The number of aliphatic imine (C=N–C) groups is 1. The molecule has 1 aliphatic rings. The molecule has 0 saturated carbocycles. The maximum atomic E-state index is 4.86. The third-order valence-electron chi connectivity index (χ3n) is 6.45. The molecule has 2 atom stereocenters. The molecule has 33 heavy (non-hydrogen) atoms. The second-order valence-corrected chi connectivity index (χ2v) is 8.80. The molecule has 7 nitrogen and oxygen atoms in total. The summed E-state index contributed by atoms with van der Waals surface area (Å²) in [4.78, 5) is 7.43. The molecule has 0 amide bonds. The first kappa shape index (κ1) is 23.0. The molecule has 2 heterocycles. The summed E-state index contributed by atoms with van der Waals surface area (Å²) in [5.41, 5.74) is 2.60. The molecule has 0 aliphatic carbocycles. The van der Waals surface area contributed by atoms with Gasteiger partial charge in [0.05, 0.1) is 6.04 Å². The predicted molar refractivity (Wildman–Crippen MR) is 133 cm³/mol. The Bertz CT molecular complexity index is 1030. The number of aromatic nitrogens is 3. The highest BCUT2D eigenvalue weighted by molar-refractivity contribution is 5.80. The van der Waals surface area contributed by atoms with Gasteiger partial charge in [-0.1, -0.05) is 60.7 Å². The Labute approximate surface area is 197 Å². The summed E-state index contributed by atoms with van der Waals surface area (Å²) in [7, 11) is 1.98. The number of hydrogen-bond donors (Lipinski definition) is 2. The first-order valence-corrected chi connectivity index (χ1v) is 11.8. The van der Waals surface area contributed by atoms with Crippen LogP contribution in [-0.2, 0) is 20.1 Å². The van der Waals surface area contributed by atoms with Crippen molar-refractivity contribution >= 4 is 5.96 Å². The highest BCUT2D eigenvalue weighted by atomic mass is 15.3. The van der Waals surface area contributed by atoms with E-state index in [-0.39, 0.29) is 6.04 Å². The fourth-order valence-corrected chi connectivity index (χ4v) is 4.29. The molecule has 7 heteroatoms. The van der Waals surface area contributed by atoms with Crippen LogP contribution in [0, 0.1) is 6.92 Å². The predicted octanol–water partition coefficient (Wildman–Crippen LogP) is 3.58. The maximum Gasteiger partial charge on any atom is 0.192 e. The summed E-state index contributed by atoms with van der Waals surface area (Å²) in [5.74, 6) is 2.55. The van der Waals surface area contributed by atoms with Crippen molar-refractivity contribution in [3.8, 4) is 0 Å². The Balaban J connectivity index is 1.43. The fourth-order valence-electron chi connectivity index (χ4n) is 4.29. The third-order valence-corrected chi connectivity index (χ3v) is 6.45. The molecule has 0 bridgehead atoms. The lowest BCUT2D eigenvalue weighted by Gasteiger charge is -2.26. The number of likely N-dealkylation sites (tertiary alicyclic amines) is 1. The molecule has 1 aromatic heterocycles. The van der Waals surface area contributed by atoms with Crippen LogP contribution in [0.4, 0.5) is 0 Å². The lowest BCUT2D eigenvalue weighted by Crippen LogP contribution is -2.45. The van der Waals surface area contributed by atoms with E-state index in [4.69, 9.17) is 4.99 Å². The minimum Gasteiger partial charge on any atom is -0.355 e. The van der Waals surface area contributed by atoms with Gasteiger partial charge in [0.1, 0.15) is 12.4 Å². The van der Waals surface area contributed by atoms with Crippen LogP contribution in [0.5, 0.6) is 0 Å². The van der Waals surface area contributed by atoms with Crippen molar-refractivity contribution in [1.82, 2.24) is 30.3 Å². The Morgan fingerprint density at radius 2 is 1.82 bits per heavy atom. The maximum absolute atomic E-state index is 4.86. The second kappa shape index (κ2) is 11.1. The van der Waals surface area contributed by atoms with Gasteiger partial charge < -0.3 is 15.2 Å². The van der Waals surface area contributed by atoms with Crippen LogP contribution in [0.2, 0.25) is 0 Å². The van der Waals surface area contributed by atoms with Crippen LogP contribution in [0.1, 0.15) is 48.6 Å². The van der Waals surface area contributed by atoms with Crippen molar-refractivity contribution in [2.24, 2.45) is 12.0 Å². The van der Waals surface area contributed by atoms with E-state index in [9.17, 15) is 0 Å². The first-order valence-electron chi connectivity index (χ1n) is 11.8. The van der Waals surface area contributed by atoms with Gasteiger partial charge in [-0.2, -0.15) is 0 Å². The van der Waals surface area contributed by atoms with Crippen LogP contribution in [0.3, 0.4) is 0 Å². The van der Waals surface area contributed by atoms with E-state index in [0.717, 1.165) is 37.2 Å². The molecule has 0 spiro atoms. The largest absolute Gasteiger partial charge is 0.355 e. The third kappa shape index (κ3) is 6.20. The van der Waals surface area contributed by atoms with Crippen molar-refractivity contribution in [2.45, 2.75) is 51.9 Å². The molecule has 1 aliphatic heterocycles. The van der Waals surface area contributed by atoms with Gasteiger partial charge in [-0.15, -0.1) is 10.2 Å². The Kier molecular flexibility index (Phi) is 7.73. The van der Waals surface area contributed by atoms with Crippen molar-refractivity contribution in [3.05, 3.63) is 83.4 Å². The monoisotopic (exact) mass is 445 g/mol. The molecule has 2 unspecified atom stereocenters. The fraction of sp³-hybridized carbons (Fsp3) is 0.423. The highest BCUT2D eigenvalue weighted by Gasteiger charge is 2.24. The van der Waals surface area contributed by atoms with E-state index in [1.54, 1.807) is 0 Å². The number of nitrogens with one attached hydrogen (secondary N) is 2. The zero-order valence-electron chi connectivity index (χ0n) is 19.9. The lowest BCUT2D eigenvalue weighted by molar-refractivity contribution is 0.245. The molecule has 2 N–H and O–H groups in total. The summed E-state index contributed by atoms with van der Waals surface area (Å²) < 4.78 is 1.99. The molecule has 1 fully saturated rings. The summed E-state index contributed by atoms with van der Waals surface area (Å²) in [6, 6.07) is 21.8. The van der Waals surface area contributed by atoms with Gasteiger partial charge in [-0.3, -0.25) is 4.90 Å². The summed E-state index contributed by atoms with van der Waals surface area (Å²) in [5, 5.41) is 15.6. The molecular formula is C26H35N7. The van der Waals surface area contributed by atoms with Crippen LogP contribution in [0.25, 0.3) is 0 Å². The van der Waals surface area contributed by atoms with Crippen molar-refractivity contribution < 1.29 is 0 Å². The minimum atomic E-state index is 0.141. The molecule has 174 valence electrons. The Morgan fingerprint density at radius 3 is 2.52 bits per heavy atom. The van der Waals surface area contributed by atoms with Gasteiger partial charge in [-0.25, -0.2) is 4.99 Å². The second-order valence-electron chi connectivity index (χ2n) is 8.80. The van der Waals surface area contributed by atoms with E-state index < -0.39 is 0 Å². The molecule has 4 rings (SSSR count). The minimum absolute atomic E-state index is 0.141. The molecule has 3 aromatic rings. The van der Waals surface area contributed by atoms with Crippen LogP contribution in [0.15, 0.2) is 65.7 Å². The number of guanidine groups is 1. The van der Waals surface area contributed by atoms with E-state index in [1.165, 1.54) is 24.0 Å². The van der Waals surface area contributed by atoms with E-state index in [1.807, 2.05) is 24.6 Å². The summed E-state index contributed by atoms with van der Waals surface area (Å²) in [6.45, 7) is 7.59. The molecule has 0 radical (unpaired) electrons. The molecule has 2 aromatic carbocycles. The van der Waals surface area contributed by atoms with Gasteiger partial charge in [0.15, 0.2) is 11.8 Å². The number of rotatable bonds is 8. The van der Waals surface area contributed by atoms with Gasteiger partial charge in [-0.05, 0) is 44.4 Å². The zero-order valence-corrected chi connectivity index (χ0v) is 19.9. The van der Waals surface area contributed by atoms with Gasteiger partial charge in [0, 0.05) is 26.2 Å². The van der Waals surface area contributed by atoms with Gasteiger partial charge >= 0.3 is 0 Å². The van der Waals surface area contributed by atoms with Crippen molar-refractivity contribution in [1.29, 1.82) is 0 Å². The Morgan fingerprint density at radius 1 is 1.09 bits per heavy atom. The van der Waals surface area contributed by atoms with Crippen molar-refractivity contribution in [2.75, 3.05) is 13.1 Å². The number of hydrogen-bond acceptors (Lipinski definition) is 4. The van der Waals surface area contributed by atoms with Crippen LogP contribution >= 0.6 is 0 Å². The average molecular weight is 446 g/mol. The highest BCUT2D eigenvalue weighted by Crippen LogP contribution is 2.19. The zero-order chi connectivity index (χ0) is 23.0. The average Bonchev–Trinajstić information content (AvgIpc) is 3.42. The summed E-state index contributed by atoms with van der Waals surface area (Å²) >= 11 is 0. The lowest BCUT2D eigenvalue weighted by atomic mass is 10.1. The Hall–Kier alpha value is -3.19. The number of benzene rings is 2. The van der Waals surface area contributed by atoms with E-state index in [0.29, 0.717) is 12.6 Å². The molecular weight excluding hydrogens is 410 g/mol. The topological polar surface area (TPSA) is 70.4 Å². The van der Waals surface area contributed by atoms with Crippen LogP contribution < -0.4 is 10.6 Å². The van der Waals surface area contributed by atoms with E-state index >= 15 is 0 Å². The smallest absolute Gasteiger partial charge is 0.192 e. The van der Waals surface area contributed by atoms with Crippen molar-refractivity contribution in [3.63, 3.8) is 0 Å². The first-order chi connectivity index (χ1) is 16.1. The summed E-state index contributed by atoms with van der Waals surface area (Å²) in [6.07, 6.45) is 2.43. The van der Waals surface area contributed by atoms with Crippen LogP contribution in [-0.4, -0.2) is 44.8 Å². The van der Waals surface area contributed by atoms with Gasteiger partial charge in [0.2, 0.25) is 0 Å². The normalized spacial score (nSPS) is 17.8. The van der Waals surface area contributed by atoms with Gasteiger partial charge in [0.25, 0.3) is 0 Å². The SMILES string of the molecule is Cc1nnc(CN=C(NCC2CCCN2Cc2ccccc2)NC(C)c2ccccc2)n1C. The van der Waals surface area contributed by atoms with E-state index in [2.05, 4.69) is 87.3 Å². The quantitative estimate of drug-likeness (QED) is 0.410. The number of aryl methyl sites for hydroxylation is 1.